The molecule has 2 saturated heterocycles. The molecule has 4 rings (SSSR count). The molecule has 5 heteroatoms. The number of carbonyl (C=O) groups is 2. The summed E-state index contributed by atoms with van der Waals surface area (Å²) in [7, 11) is 0. The van der Waals surface area contributed by atoms with Crippen molar-refractivity contribution in [3.8, 4) is 11.1 Å². The van der Waals surface area contributed by atoms with E-state index < -0.39 is 5.41 Å². The molecule has 0 radical (unpaired) electrons. The molecule has 0 N–H and O–H groups in total. The Morgan fingerprint density at radius 1 is 0.933 bits per heavy atom. The van der Waals surface area contributed by atoms with Gasteiger partial charge >= 0.3 is 0 Å². The van der Waals surface area contributed by atoms with E-state index in [1.54, 1.807) is 19.1 Å². The zero-order valence-electron chi connectivity index (χ0n) is 17.6. The number of hydrogen-bond acceptors (Lipinski definition) is 2. The molecule has 0 aromatic heterocycles. The molecule has 0 saturated carbocycles. The number of carbonyl (C=O) groups excluding carboxylic acids is 2. The Morgan fingerprint density at radius 2 is 1.67 bits per heavy atom. The van der Waals surface area contributed by atoms with E-state index in [-0.39, 0.29) is 17.6 Å². The first-order valence-corrected chi connectivity index (χ1v) is 10.9. The molecular formula is C25H29FN2O2. The number of hydrogen-bond donors (Lipinski definition) is 0. The minimum absolute atomic E-state index is 0.0309. The number of benzene rings is 2. The molecule has 2 aromatic carbocycles. The Balaban J connectivity index is 1.62. The van der Waals surface area contributed by atoms with Crippen LogP contribution in [0.5, 0.6) is 0 Å². The van der Waals surface area contributed by atoms with Crippen LogP contribution < -0.4 is 0 Å². The van der Waals surface area contributed by atoms with Crippen molar-refractivity contribution in [2.75, 3.05) is 26.2 Å². The Hall–Kier alpha value is -2.69. The van der Waals surface area contributed by atoms with Gasteiger partial charge in [0.15, 0.2) is 0 Å². The van der Waals surface area contributed by atoms with Crippen LogP contribution in [0.3, 0.4) is 0 Å². The van der Waals surface area contributed by atoms with Gasteiger partial charge < -0.3 is 9.80 Å². The predicted molar refractivity (Wildman–Crippen MR) is 115 cm³/mol. The molecule has 158 valence electrons. The van der Waals surface area contributed by atoms with Gasteiger partial charge in [-0.05, 0) is 60.9 Å². The van der Waals surface area contributed by atoms with Crippen molar-refractivity contribution < 1.29 is 14.0 Å². The van der Waals surface area contributed by atoms with Crippen molar-refractivity contribution in [2.45, 2.75) is 39.0 Å². The second-order valence-electron chi connectivity index (χ2n) is 8.71. The Labute approximate surface area is 177 Å². The highest BCUT2D eigenvalue weighted by Gasteiger charge is 2.47. The first-order chi connectivity index (χ1) is 14.5. The van der Waals surface area contributed by atoms with Gasteiger partial charge in [-0.1, -0.05) is 36.4 Å². The van der Waals surface area contributed by atoms with Crippen LogP contribution in [0.4, 0.5) is 4.39 Å². The Morgan fingerprint density at radius 3 is 2.33 bits per heavy atom. The molecule has 2 aliphatic heterocycles. The molecule has 2 aliphatic rings. The standard InChI is InChI=1S/C25H29FN2O2/c1-19(29)28-15-12-25(18-28,24(30)27-13-3-2-4-14-27)17-20-6-5-7-22(16-20)21-8-10-23(26)11-9-21/h5-11,16H,2-4,12-15,17-18H2,1H3. The highest BCUT2D eigenvalue weighted by Crippen LogP contribution is 2.38. The topological polar surface area (TPSA) is 40.6 Å². The molecule has 4 nitrogen and oxygen atoms in total. The van der Waals surface area contributed by atoms with E-state index in [1.807, 2.05) is 21.9 Å². The highest BCUT2D eigenvalue weighted by molar-refractivity contribution is 5.85. The van der Waals surface area contributed by atoms with Crippen molar-refractivity contribution >= 4 is 11.8 Å². The van der Waals surface area contributed by atoms with E-state index in [9.17, 15) is 14.0 Å². The van der Waals surface area contributed by atoms with E-state index in [1.165, 1.54) is 18.6 Å². The van der Waals surface area contributed by atoms with E-state index in [4.69, 9.17) is 0 Å². The Kier molecular flexibility index (Phi) is 5.89. The minimum atomic E-state index is -0.565. The van der Waals surface area contributed by atoms with Gasteiger partial charge in [0.25, 0.3) is 0 Å². The number of likely N-dealkylation sites (tertiary alicyclic amines) is 2. The van der Waals surface area contributed by atoms with Crippen LogP contribution in [0.15, 0.2) is 48.5 Å². The molecule has 2 fully saturated rings. The summed E-state index contributed by atoms with van der Waals surface area (Å²) in [4.78, 5) is 29.5. The maximum absolute atomic E-state index is 13.6. The first-order valence-electron chi connectivity index (χ1n) is 10.9. The quantitative estimate of drug-likeness (QED) is 0.757. The van der Waals surface area contributed by atoms with Crippen molar-refractivity contribution in [3.05, 3.63) is 59.9 Å². The molecule has 0 aliphatic carbocycles. The molecule has 1 atom stereocenters. The van der Waals surface area contributed by atoms with Crippen molar-refractivity contribution in [1.82, 2.24) is 9.80 Å². The van der Waals surface area contributed by atoms with Crippen molar-refractivity contribution in [1.29, 1.82) is 0 Å². The smallest absolute Gasteiger partial charge is 0.230 e. The number of nitrogens with zero attached hydrogens (tertiary/aromatic N) is 2. The van der Waals surface area contributed by atoms with Crippen molar-refractivity contribution in [2.24, 2.45) is 5.41 Å². The fraction of sp³-hybridized carbons (Fsp3) is 0.440. The average molecular weight is 409 g/mol. The minimum Gasteiger partial charge on any atom is -0.342 e. The zero-order valence-corrected chi connectivity index (χ0v) is 17.6. The van der Waals surface area contributed by atoms with Crippen LogP contribution in [0.2, 0.25) is 0 Å². The van der Waals surface area contributed by atoms with Crippen LogP contribution in [0, 0.1) is 11.2 Å². The van der Waals surface area contributed by atoms with Gasteiger partial charge in [0.2, 0.25) is 11.8 Å². The summed E-state index contributed by atoms with van der Waals surface area (Å²) in [6.45, 7) is 4.33. The van der Waals surface area contributed by atoms with Gasteiger partial charge in [-0.25, -0.2) is 4.39 Å². The fourth-order valence-electron chi connectivity index (χ4n) is 4.86. The van der Waals surface area contributed by atoms with Gasteiger partial charge in [0.05, 0.1) is 5.41 Å². The lowest BCUT2D eigenvalue weighted by molar-refractivity contribution is -0.143. The molecule has 0 spiro atoms. The van der Waals surface area contributed by atoms with Crippen LogP contribution in [-0.2, 0) is 16.0 Å². The van der Waals surface area contributed by atoms with E-state index >= 15 is 0 Å². The van der Waals surface area contributed by atoms with Crippen LogP contribution >= 0.6 is 0 Å². The highest BCUT2D eigenvalue weighted by atomic mass is 19.1. The SMILES string of the molecule is CC(=O)N1CCC(Cc2cccc(-c3ccc(F)cc3)c2)(C(=O)N2CCCCC2)C1. The first kappa shape index (κ1) is 20.6. The largest absolute Gasteiger partial charge is 0.342 e. The number of halogens is 1. The monoisotopic (exact) mass is 408 g/mol. The van der Waals surface area contributed by atoms with Gasteiger partial charge in [-0.3, -0.25) is 9.59 Å². The number of amides is 2. The van der Waals surface area contributed by atoms with Gasteiger partial charge in [-0.15, -0.1) is 0 Å². The Bertz CT molecular complexity index is 921. The molecule has 1 unspecified atom stereocenters. The third-order valence-corrected chi connectivity index (χ3v) is 6.54. The summed E-state index contributed by atoms with van der Waals surface area (Å²) >= 11 is 0. The van der Waals surface area contributed by atoms with Crippen LogP contribution in [-0.4, -0.2) is 47.8 Å². The maximum atomic E-state index is 13.6. The third kappa shape index (κ3) is 4.25. The van der Waals surface area contributed by atoms with E-state index in [2.05, 4.69) is 12.1 Å². The average Bonchev–Trinajstić information content (AvgIpc) is 3.20. The summed E-state index contributed by atoms with van der Waals surface area (Å²) in [5.41, 5.74) is 2.47. The molecular weight excluding hydrogens is 379 g/mol. The summed E-state index contributed by atoms with van der Waals surface area (Å²) in [6.07, 6.45) is 4.59. The summed E-state index contributed by atoms with van der Waals surface area (Å²) < 4.78 is 13.3. The molecule has 30 heavy (non-hydrogen) atoms. The lowest BCUT2D eigenvalue weighted by Gasteiger charge is -2.36. The fourth-order valence-corrected chi connectivity index (χ4v) is 4.86. The second-order valence-corrected chi connectivity index (χ2v) is 8.71. The van der Waals surface area contributed by atoms with Gasteiger partial charge in [0.1, 0.15) is 5.82 Å². The number of rotatable bonds is 4. The molecule has 2 amide bonds. The predicted octanol–water partition coefficient (Wildman–Crippen LogP) is 4.29. The summed E-state index contributed by atoms with van der Waals surface area (Å²) in [5, 5.41) is 0. The maximum Gasteiger partial charge on any atom is 0.230 e. The lowest BCUT2D eigenvalue weighted by atomic mass is 9.78. The summed E-state index contributed by atoms with van der Waals surface area (Å²) in [6, 6.07) is 14.6. The normalized spacial score (nSPS) is 21.7. The van der Waals surface area contributed by atoms with Crippen LogP contribution in [0.1, 0.15) is 38.2 Å². The third-order valence-electron chi connectivity index (χ3n) is 6.54. The van der Waals surface area contributed by atoms with Gasteiger partial charge in [0, 0.05) is 33.1 Å². The molecule has 2 heterocycles. The zero-order chi connectivity index (χ0) is 21.1. The second kappa shape index (κ2) is 8.58. The van der Waals surface area contributed by atoms with Crippen molar-refractivity contribution in [3.63, 3.8) is 0 Å². The van der Waals surface area contributed by atoms with Gasteiger partial charge in [-0.2, -0.15) is 0 Å². The molecule has 2 aromatic rings. The summed E-state index contributed by atoms with van der Waals surface area (Å²) in [5.74, 6) is -0.0298. The lowest BCUT2D eigenvalue weighted by Crippen LogP contribution is -2.49. The molecule has 0 bridgehead atoms. The van der Waals surface area contributed by atoms with E-state index in [0.717, 1.165) is 42.6 Å². The van der Waals surface area contributed by atoms with Crippen LogP contribution in [0.25, 0.3) is 11.1 Å². The number of piperidine rings is 1. The van der Waals surface area contributed by atoms with E-state index in [0.29, 0.717) is 25.9 Å².